The molecule has 178 valence electrons. The Hall–Kier alpha value is -2.95. The van der Waals surface area contributed by atoms with Crippen LogP contribution in [0.1, 0.15) is 56.9 Å². The largest absolute Gasteiger partial charge is 0.464 e. The van der Waals surface area contributed by atoms with Gasteiger partial charge in [0.25, 0.3) is 0 Å². The third kappa shape index (κ3) is 6.77. The number of carbonyl (C=O) groups excluding carboxylic acids is 3. The van der Waals surface area contributed by atoms with E-state index in [1.54, 1.807) is 39.8 Å². The van der Waals surface area contributed by atoms with Gasteiger partial charge in [-0.3, -0.25) is 9.69 Å². The average molecular weight is 476 g/mol. The number of Topliss-reactive ketones (excluding diaryl/α,β-unsaturated/α-hetero) is 1. The van der Waals surface area contributed by atoms with Gasteiger partial charge in [0.1, 0.15) is 11.6 Å². The molecule has 1 fully saturated rings. The van der Waals surface area contributed by atoms with Crippen LogP contribution in [0.3, 0.4) is 0 Å². The summed E-state index contributed by atoms with van der Waals surface area (Å²) >= 11 is 1.20. The van der Waals surface area contributed by atoms with Gasteiger partial charge >= 0.3 is 12.1 Å². The molecule has 1 amide bonds. The van der Waals surface area contributed by atoms with Crippen molar-refractivity contribution in [1.29, 1.82) is 0 Å². The van der Waals surface area contributed by atoms with Crippen molar-refractivity contribution in [2.75, 3.05) is 18.9 Å². The first-order valence-electron chi connectivity index (χ1n) is 10.8. The third-order valence-corrected chi connectivity index (χ3v) is 5.75. The van der Waals surface area contributed by atoms with Crippen LogP contribution in [-0.2, 0) is 14.3 Å². The second-order valence-electron chi connectivity index (χ2n) is 8.59. The molecular formula is C22H29N5O5S. The van der Waals surface area contributed by atoms with Crippen molar-refractivity contribution in [3.05, 3.63) is 35.9 Å². The van der Waals surface area contributed by atoms with Crippen LogP contribution in [0.25, 0.3) is 0 Å². The van der Waals surface area contributed by atoms with Gasteiger partial charge in [0.05, 0.1) is 18.4 Å². The summed E-state index contributed by atoms with van der Waals surface area (Å²) in [5, 5.41) is 12.9. The molecule has 0 N–H and O–H groups in total. The van der Waals surface area contributed by atoms with Gasteiger partial charge in [-0.25, -0.2) is 9.59 Å². The van der Waals surface area contributed by atoms with E-state index in [-0.39, 0.29) is 30.6 Å². The van der Waals surface area contributed by atoms with E-state index in [9.17, 15) is 14.4 Å². The first-order chi connectivity index (χ1) is 15.7. The molecule has 1 aliphatic heterocycles. The minimum absolute atomic E-state index is 0.0232. The molecule has 1 aromatic carbocycles. The van der Waals surface area contributed by atoms with E-state index in [0.29, 0.717) is 23.7 Å². The summed E-state index contributed by atoms with van der Waals surface area (Å²) in [6.07, 6.45) is 0.251. The number of likely N-dealkylation sites (tertiary alicyclic amines) is 1. The summed E-state index contributed by atoms with van der Waals surface area (Å²) in [6, 6.07) is 7.97. The van der Waals surface area contributed by atoms with Gasteiger partial charge < -0.3 is 9.47 Å². The molecule has 2 heterocycles. The number of rotatable bonds is 7. The Labute approximate surface area is 197 Å². The van der Waals surface area contributed by atoms with Gasteiger partial charge in [-0.05, 0) is 39.3 Å². The number of esters is 1. The summed E-state index contributed by atoms with van der Waals surface area (Å²) in [7, 11) is 0. The van der Waals surface area contributed by atoms with Gasteiger partial charge in [-0.2, -0.15) is 4.80 Å². The maximum absolute atomic E-state index is 12.7. The van der Waals surface area contributed by atoms with Crippen molar-refractivity contribution in [2.24, 2.45) is 0 Å². The lowest BCUT2D eigenvalue weighted by Crippen LogP contribution is -2.52. The van der Waals surface area contributed by atoms with E-state index in [1.165, 1.54) is 21.5 Å². The van der Waals surface area contributed by atoms with E-state index < -0.39 is 23.7 Å². The number of carbonyl (C=O) groups is 3. The predicted molar refractivity (Wildman–Crippen MR) is 121 cm³/mol. The topological polar surface area (TPSA) is 117 Å². The lowest BCUT2D eigenvalue weighted by atomic mass is 9.98. The second-order valence-corrected chi connectivity index (χ2v) is 9.53. The SMILES string of the molecule is CCOC(=O)[C@H]1C[C@H](n2nnc(SCC(=O)c3ccccc3)n2)CCN1C(=O)OC(C)(C)C. The fourth-order valence-electron chi connectivity index (χ4n) is 3.42. The zero-order valence-electron chi connectivity index (χ0n) is 19.3. The van der Waals surface area contributed by atoms with E-state index in [1.807, 2.05) is 18.2 Å². The van der Waals surface area contributed by atoms with Crippen LogP contribution in [0.2, 0.25) is 0 Å². The van der Waals surface area contributed by atoms with Gasteiger partial charge in [0.2, 0.25) is 5.16 Å². The Morgan fingerprint density at radius 3 is 2.58 bits per heavy atom. The normalized spacial score (nSPS) is 18.6. The molecule has 1 aliphatic rings. The third-order valence-electron chi connectivity index (χ3n) is 4.93. The van der Waals surface area contributed by atoms with Gasteiger partial charge in [-0.1, -0.05) is 42.1 Å². The van der Waals surface area contributed by atoms with E-state index in [4.69, 9.17) is 9.47 Å². The highest BCUT2D eigenvalue weighted by atomic mass is 32.2. The Balaban J connectivity index is 1.65. The van der Waals surface area contributed by atoms with Crippen molar-refractivity contribution in [3.8, 4) is 0 Å². The van der Waals surface area contributed by atoms with Crippen LogP contribution in [-0.4, -0.2) is 73.5 Å². The molecule has 0 saturated carbocycles. The number of tetrazole rings is 1. The Morgan fingerprint density at radius 2 is 1.91 bits per heavy atom. The smallest absolute Gasteiger partial charge is 0.411 e. The molecule has 1 aromatic heterocycles. The molecule has 0 unspecified atom stereocenters. The zero-order valence-corrected chi connectivity index (χ0v) is 20.1. The van der Waals surface area contributed by atoms with E-state index >= 15 is 0 Å². The van der Waals surface area contributed by atoms with Crippen molar-refractivity contribution < 1.29 is 23.9 Å². The molecule has 0 bridgehead atoms. The Bertz CT molecular complexity index is 975. The van der Waals surface area contributed by atoms with Crippen molar-refractivity contribution in [2.45, 2.75) is 63.4 Å². The van der Waals surface area contributed by atoms with Crippen LogP contribution >= 0.6 is 11.8 Å². The highest BCUT2D eigenvalue weighted by Crippen LogP contribution is 2.29. The maximum atomic E-state index is 12.7. The van der Waals surface area contributed by atoms with E-state index in [2.05, 4.69) is 15.4 Å². The lowest BCUT2D eigenvalue weighted by Gasteiger charge is -2.37. The molecule has 11 heteroatoms. The van der Waals surface area contributed by atoms with Crippen LogP contribution in [0.15, 0.2) is 35.5 Å². The number of ketones is 1. The number of benzene rings is 1. The Kier molecular flexibility index (Phi) is 8.06. The van der Waals surface area contributed by atoms with Crippen LogP contribution in [0.4, 0.5) is 4.79 Å². The van der Waals surface area contributed by atoms with Gasteiger partial charge in [-0.15, -0.1) is 10.2 Å². The Morgan fingerprint density at radius 1 is 1.18 bits per heavy atom. The number of ether oxygens (including phenoxy) is 2. The van der Waals surface area contributed by atoms with Gasteiger partial charge in [0, 0.05) is 18.5 Å². The molecule has 3 rings (SSSR count). The number of hydrogen-bond acceptors (Lipinski definition) is 9. The molecule has 10 nitrogen and oxygen atoms in total. The molecule has 1 saturated heterocycles. The minimum Gasteiger partial charge on any atom is -0.464 e. The number of thioether (sulfide) groups is 1. The zero-order chi connectivity index (χ0) is 24.0. The first-order valence-corrected chi connectivity index (χ1v) is 11.8. The summed E-state index contributed by atoms with van der Waals surface area (Å²) < 4.78 is 10.7. The highest BCUT2D eigenvalue weighted by molar-refractivity contribution is 7.99. The van der Waals surface area contributed by atoms with Crippen LogP contribution < -0.4 is 0 Å². The average Bonchev–Trinajstić information content (AvgIpc) is 3.26. The summed E-state index contributed by atoms with van der Waals surface area (Å²) in [6.45, 7) is 7.54. The van der Waals surface area contributed by atoms with Crippen molar-refractivity contribution >= 4 is 29.6 Å². The molecule has 0 radical (unpaired) electrons. The lowest BCUT2D eigenvalue weighted by molar-refractivity contribution is -0.151. The highest BCUT2D eigenvalue weighted by Gasteiger charge is 2.40. The number of amides is 1. The molecule has 0 spiro atoms. The number of hydrogen-bond donors (Lipinski definition) is 0. The molecule has 0 aliphatic carbocycles. The summed E-state index contributed by atoms with van der Waals surface area (Å²) in [4.78, 5) is 40.4. The monoisotopic (exact) mass is 475 g/mol. The maximum Gasteiger partial charge on any atom is 0.411 e. The quantitative estimate of drug-likeness (QED) is 0.338. The molecule has 33 heavy (non-hydrogen) atoms. The van der Waals surface area contributed by atoms with Gasteiger partial charge in [0.15, 0.2) is 5.78 Å². The fraction of sp³-hybridized carbons (Fsp3) is 0.545. The van der Waals surface area contributed by atoms with Crippen molar-refractivity contribution in [3.63, 3.8) is 0 Å². The van der Waals surface area contributed by atoms with Crippen LogP contribution in [0, 0.1) is 0 Å². The molecule has 2 aromatic rings. The summed E-state index contributed by atoms with van der Waals surface area (Å²) in [5.41, 5.74) is -0.0478. The predicted octanol–water partition coefficient (Wildman–Crippen LogP) is 3.15. The number of nitrogens with zero attached hydrogens (tertiary/aromatic N) is 5. The first kappa shape index (κ1) is 24.7. The van der Waals surface area contributed by atoms with E-state index in [0.717, 1.165) is 0 Å². The standard InChI is InChI=1S/C22H29N5O5S/c1-5-31-19(29)17-13-16(11-12-26(17)21(30)32-22(2,3)4)27-24-20(23-25-27)33-14-18(28)15-9-7-6-8-10-15/h6-10,16-17H,5,11-14H2,1-4H3/t16-,17-/m1/s1. The number of piperidine rings is 1. The molecule has 2 atom stereocenters. The fourth-order valence-corrected chi connectivity index (χ4v) is 4.08. The second kappa shape index (κ2) is 10.8. The van der Waals surface area contributed by atoms with Crippen LogP contribution in [0.5, 0.6) is 0 Å². The molecular weight excluding hydrogens is 446 g/mol. The minimum atomic E-state index is -0.805. The number of aromatic nitrogens is 4. The van der Waals surface area contributed by atoms with Crippen molar-refractivity contribution in [1.82, 2.24) is 25.1 Å². The summed E-state index contributed by atoms with van der Waals surface area (Å²) in [5.74, 6) is -0.320.